The molecule has 1 aliphatic carbocycles. The number of hydrogen-bond acceptors (Lipinski definition) is 3. The number of hydrogen-bond donors (Lipinski definition) is 1. The first-order valence-electron chi connectivity index (χ1n) is 8.00. The highest BCUT2D eigenvalue weighted by atomic mass is 16.5. The second kappa shape index (κ2) is 6.70. The van der Waals surface area contributed by atoms with Crippen molar-refractivity contribution < 1.29 is 4.74 Å². The van der Waals surface area contributed by atoms with Gasteiger partial charge in [0.15, 0.2) is 0 Å². The summed E-state index contributed by atoms with van der Waals surface area (Å²) in [5.41, 5.74) is 10.1. The first kappa shape index (κ1) is 14.1. The Morgan fingerprint density at radius 3 is 2.75 bits per heavy atom. The van der Waals surface area contributed by atoms with E-state index in [9.17, 15) is 0 Å². The molecule has 0 spiro atoms. The highest BCUT2D eigenvalue weighted by molar-refractivity contribution is 5.35. The lowest BCUT2D eigenvalue weighted by Crippen LogP contribution is -2.37. The maximum absolute atomic E-state index is 5.74. The summed E-state index contributed by atoms with van der Waals surface area (Å²) in [6.07, 6.45) is 6.60. The number of nitrogens with zero attached hydrogens (tertiary/aromatic N) is 1. The van der Waals surface area contributed by atoms with Crippen LogP contribution in [-0.2, 0) is 24.1 Å². The Hall–Kier alpha value is -0.900. The molecule has 1 aliphatic heterocycles. The van der Waals surface area contributed by atoms with Gasteiger partial charge in [0.05, 0.1) is 12.7 Å². The van der Waals surface area contributed by atoms with Crippen molar-refractivity contribution in [2.75, 3.05) is 26.2 Å². The third-order valence-electron chi connectivity index (χ3n) is 4.58. The summed E-state index contributed by atoms with van der Waals surface area (Å²) in [5, 5.41) is 0. The molecule has 0 bridgehead atoms. The van der Waals surface area contributed by atoms with Crippen LogP contribution in [0.25, 0.3) is 0 Å². The third-order valence-corrected chi connectivity index (χ3v) is 4.58. The summed E-state index contributed by atoms with van der Waals surface area (Å²) in [5.74, 6) is 0. The summed E-state index contributed by atoms with van der Waals surface area (Å²) in [7, 11) is 0. The molecule has 1 saturated heterocycles. The van der Waals surface area contributed by atoms with Gasteiger partial charge >= 0.3 is 0 Å². The molecule has 3 nitrogen and oxygen atoms in total. The van der Waals surface area contributed by atoms with Gasteiger partial charge in [-0.3, -0.25) is 4.90 Å². The first-order valence-corrected chi connectivity index (χ1v) is 8.00. The summed E-state index contributed by atoms with van der Waals surface area (Å²) < 4.78 is 5.74. The Labute approximate surface area is 122 Å². The van der Waals surface area contributed by atoms with Crippen LogP contribution in [0.15, 0.2) is 18.2 Å². The number of rotatable bonds is 5. The second-order valence-corrected chi connectivity index (χ2v) is 6.09. The third kappa shape index (κ3) is 3.40. The van der Waals surface area contributed by atoms with Crippen LogP contribution in [0.2, 0.25) is 0 Å². The number of likely N-dealkylation sites (tertiary alicyclic amines) is 1. The first-order chi connectivity index (χ1) is 9.85. The quantitative estimate of drug-likeness (QED) is 0.894. The SMILES string of the molecule is NCCOC1CCN(Cc2ccc3c(c2)CCC3)CC1. The monoisotopic (exact) mass is 274 g/mol. The normalized spacial score (nSPS) is 20.2. The van der Waals surface area contributed by atoms with Crippen molar-refractivity contribution in [2.45, 2.75) is 44.8 Å². The van der Waals surface area contributed by atoms with Gasteiger partial charge in [0.1, 0.15) is 0 Å². The van der Waals surface area contributed by atoms with Gasteiger partial charge in [-0.15, -0.1) is 0 Å². The zero-order chi connectivity index (χ0) is 13.8. The smallest absolute Gasteiger partial charge is 0.0600 e. The predicted octanol–water partition coefficient (Wildman–Crippen LogP) is 2.11. The van der Waals surface area contributed by atoms with E-state index in [1.807, 2.05) is 0 Å². The van der Waals surface area contributed by atoms with Gasteiger partial charge in [-0.25, -0.2) is 0 Å². The predicted molar refractivity (Wildman–Crippen MR) is 81.8 cm³/mol. The summed E-state index contributed by atoms with van der Waals surface area (Å²) in [6, 6.07) is 7.09. The average Bonchev–Trinajstić information content (AvgIpc) is 2.94. The van der Waals surface area contributed by atoms with E-state index in [4.69, 9.17) is 10.5 Å². The number of nitrogens with two attached hydrogens (primary N) is 1. The molecular formula is C17H26N2O. The van der Waals surface area contributed by atoms with Crippen LogP contribution in [0.3, 0.4) is 0 Å². The van der Waals surface area contributed by atoms with Gasteiger partial charge in [-0.05, 0) is 48.8 Å². The molecule has 0 radical (unpaired) electrons. The van der Waals surface area contributed by atoms with Crippen molar-refractivity contribution in [2.24, 2.45) is 5.73 Å². The van der Waals surface area contributed by atoms with E-state index in [1.54, 1.807) is 11.1 Å². The van der Waals surface area contributed by atoms with E-state index in [-0.39, 0.29) is 0 Å². The number of benzene rings is 1. The molecule has 2 N–H and O–H groups in total. The van der Waals surface area contributed by atoms with Crippen molar-refractivity contribution in [1.29, 1.82) is 0 Å². The molecule has 0 atom stereocenters. The van der Waals surface area contributed by atoms with E-state index >= 15 is 0 Å². The zero-order valence-corrected chi connectivity index (χ0v) is 12.3. The minimum absolute atomic E-state index is 0.426. The van der Waals surface area contributed by atoms with Crippen LogP contribution in [0.1, 0.15) is 36.0 Å². The molecule has 1 aromatic carbocycles. The fraction of sp³-hybridized carbons (Fsp3) is 0.647. The topological polar surface area (TPSA) is 38.5 Å². The summed E-state index contributed by atoms with van der Waals surface area (Å²) in [6.45, 7) is 4.72. The zero-order valence-electron chi connectivity index (χ0n) is 12.3. The van der Waals surface area contributed by atoms with E-state index in [0.717, 1.165) is 32.5 Å². The van der Waals surface area contributed by atoms with E-state index in [0.29, 0.717) is 19.3 Å². The molecule has 0 saturated carbocycles. The molecule has 1 heterocycles. The molecule has 20 heavy (non-hydrogen) atoms. The standard InChI is InChI=1S/C17H26N2O/c18-8-11-20-17-6-9-19(10-7-17)13-14-4-5-15-2-1-3-16(15)12-14/h4-5,12,17H,1-3,6-11,13,18H2. The molecule has 0 amide bonds. The molecule has 0 aromatic heterocycles. The fourth-order valence-electron chi connectivity index (χ4n) is 3.45. The second-order valence-electron chi connectivity index (χ2n) is 6.09. The van der Waals surface area contributed by atoms with Gasteiger partial charge in [0, 0.05) is 26.2 Å². The maximum Gasteiger partial charge on any atom is 0.0600 e. The Morgan fingerprint density at radius 2 is 1.95 bits per heavy atom. The average molecular weight is 274 g/mol. The Balaban J connectivity index is 1.50. The highest BCUT2D eigenvalue weighted by Gasteiger charge is 2.20. The van der Waals surface area contributed by atoms with Crippen LogP contribution in [0.4, 0.5) is 0 Å². The minimum Gasteiger partial charge on any atom is -0.377 e. The van der Waals surface area contributed by atoms with Crippen molar-refractivity contribution in [3.05, 3.63) is 34.9 Å². The molecule has 110 valence electrons. The molecule has 1 fully saturated rings. The molecule has 0 unspecified atom stereocenters. The van der Waals surface area contributed by atoms with Crippen LogP contribution in [0.5, 0.6) is 0 Å². The molecule has 2 aliphatic rings. The van der Waals surface area contributed by atoms with E-state index < -0.39 is 0 Å². The van der Waals surface area contributed by atoms with Crippen molar-refractivity contribution in [3.63, 3.8) is 0 Å². The summed E-state index contributed by atoms with van der Waals surface area (Å²) in [4.78, 5) is 2.55. The number of ether oxygens (including phenoxy) is 1. The van der Waals surface area contributed by atoms with Crippen molar-refractivity contribution >= 4 is 0 Å². The van der Waals surface area contributed by atoms with Crippen LogP contribution >= 0.6 is 0 Å². The minimum atomic E-state index is 0.426. The lowest BCUT2D eigenvalue weighted by Gasteiger charge is -2.32. The van der Waals surface area contributed by atoms with E-state index in [1.165, 1.54) is 24.8 Å². The van der Waals surface area contributed by atoms with E-state index in [2.05, 4.69) is 23.1 Å². The molecule has 1 aromatic rings. The van der Waals surface area contributed by atoms with Gasteiger partial charge in [0.25, 0.3) is 0 Å². The maximum atomic E-state index is 5.74. The number of aryl methyl sites for hydroxylation is 2. The van der Waals surface area contributed by atoms with Gasteiger partial charge < -0.3 is 10.5 Å². The number of fused-ring (bicyclic) bond motifs is 1. The fourth-order valence-corrected chi connectivity index (χ4v) is 3.45. The molecule has 3 heteroatoms. The Morgan fingerprint density at radius 1 is 1.15 bits per heavy atom. The van der Waals surface area contributed by atoms with Gasteiger partial charge in [-0.2, -0.15) is 0 Å². The van der Waals surface area contributed by atoms with Crippen molar-refractivity contribution in [1.82, 2.24) is 4.90 Å². The Bertz CT molecular complexity index is 439. The lowest BCUT2D eigenvalue weighted by atomic mass is 10.0. The molecular weight excluding hydrogens is 248 g/mol. The summed E-state index contributed by atoms with van der Waals surface area (Å²) >= 11 is 0. The highest BCUT2D eigenvalue weighted by Crippen LogP contribution is 2.24. The van der Waals surface area contributed by atoms with Crippen LogP contribution < -0.4 is 5.73 Å². The molecule has 3 rings (SSSR count). The van der Waals surface area contributed by atoms with Crippen LogP contribution in [0, 0.1) is 0 Å². The van der Waals surface area contributed by atoms with Gasteiger partial charge in [0.2, 0.25) is 0 Å². The van der Waals surface area contributed by atoms with Gasteiger partial charge in [-0.1, -0.05) is 18.2 Å². The Kier molecular flexibility index (Phi) is 4.71. The number of piperidine rings is 1. The van der Waals surface area contributed by atoms with Crippen molar-refractivity contribution in [3.8, 4) is 0 Å². The lowest BCUT2D eigenvalue weighted by molar-refractivity contribution is 0.00978. The van der Waals surface area contributed by atoms with Crippen LogP contribution in [-0.4, -0.2) is 37.2 Å². The largest absolute Gasteiger partial charge is 0.377 e.